The van der Waals surface area contributed by atoms with E-state index >= 15 is 0 Å². The molecule has 9 heteroatoms. The predicted molar refractivity (Wildman–Crippen MR) is 361 cm³/mol. The fourth-order valence-corrected chi connectivity index (χ4v) is 13.5. The van der Waals surface area contributed by atoms with Gasteiger partial charge >= 0.3 is 11.9 Å². The van der Waals surface area contributed by atoms with Crippen LogP contribution in [-0.2, 0) is 60.0 Å². The lowest BCUT2D eigenvalue weighted by atomic mass is 9.69. The van der Waals surface area contributed by atoms with Crippen LogP contribution in [-0.4, -0.2) is 62.7 Å². The Morgan fingerprint density at radius 3 is 1.14 bits per heavy atom. The van der Waals surface area contributed by atoms with Crippen molar-refractivity contribution in [1.29, 1.82) is 0 Å². The van der Waals surface area contributed by atoms with Gasteiger partial charge in [0, 0.05) is 10.8 Å². The summed E-state index contributed by atoms with van der Waals surface area (Å²) in [5.74, 6) is -0.443. The number of aliphatic hydroxyl groups is 1. The molecule has 2 atom stereocenters. The maximum atomic E-state index is 11.9. The van der Waals surface area contributed by atoms with Crippen LogP contribution in [0.1, 0.15) is 195 Å². The van der Waals surface area contributed by atoms with E-state index in [0.717, 1.165) is 73.6 Å². The Morgan fingerprint density at radius 2 is 0.835 bits per heavy atom. The Bertz CT molecular complexity index is 3120. The van der Waals surface area contributed by atoms with E-state index in [1.165, 1.54) is 81.0 Å². The molecule has 0 amide bonds. The summed E-state index contributed by atoms with van der Waals surface area (Å²) in [4.78, 5) is 23.6. The Balaban J connectivity index is 0.000000441. The summed E-state index contributed by atoms with van der Waals surface area (Å²) in [6.07, 6.45) is 8.28. The number of aliphatic hydroxyl groups excluding tert-OH is 1. The molecule has 6 aromatic rings. The molecule has 0 aliphatic rings. The molecule has 0 aromatic heterocycles. The molecule has 8 nitrogen and oxygen atoms in total. The van der Waals surface area contributed by atoms with Gasteiger partial charge in [0.05, 0.1) is 39.3 Å². The fraction of sp³-hybridized carbons (Fsp3) is 0.500. The molecule has 0 aliphatic heterocycles. The first-order valence-electron chi connectivity index (χ1n) is 30.9. The lowest BCUT2D eigenvalue weighted by Gasteiger charge is -2.43. The van der Waals surface area contributed by atoms with Gasteiger partial charge in [-0.25, -0.2) is 0 Å². The van der Waals surface area contributed by atoms with Crippen LogP contribution in [0.15, 0.2) is 121 Å². The van der Waals surface area contributed by atoms with Gasteiger partial charge in [-0.15, -0.1) is 0 Å². The highest BCUT2D eigenvalue weighted by Gasteiger charge is 2.42. The first-order valence-corrected chi connectivity index (χ1v) is 33.8. The van der Waals surface area contributed by atoms with E-state index in [1.807, 2.05) is 24.3 Å². The van der Waals surface area contributed by atoms with Crippen LogP contribution in [0, 0.1) is 38.5 Å². The molecule has 0 aliphatic carbocycles. The van der Waals surface area contributed by atoms with Crippen molar-refractivity contribution in [2.45, 2.75) is 223 Å². The smallest absolute Gasteiger partial charge is 0.309 e. The molecule has 0 spiro atoms. The SMILES string of the molecule is CCC(CC)(c1ccc(CCC(O)C(C)(C)C)c(C)c1)c1ccc(-c2cccc(CC(=O)OC)c2)c(C)c1.CCC(CC)(c1ccc(CCC(O[Si](C)(C)C(C)(C)C)C(C)(C)C)c(C)c1)c1ccc(-c2cccc(CC(=O)OC)c2)c(C)c1.O.O. The van der Waals surface area contributed by atoms with Gasteiger partial charge in [-0.2, -0.15) is 0 Å². The Labute approximate surface area is 515 Å². The number of rotatable bonds is 22. The van der Waals surface area contributed by atoms with E-state index in [9.17, 15) is 14.7 Å². The lowest BCUT2D eigenvalue weighted by Crippen LogP contribution is -2.47. The summed E-state index contributed by atoms with van der Waals surface area (Å²) in [5.41, 5.74) is 19.8. The van der Waals surface area contributed by atoms with E-state index in [0.29, 0.717) is 0 Å². The standard InChI is InChI=1S/C41H60O3Si.C35H46O3.2H2O/c1-14-41(15-2,35-22-23-36(30(4)26-35)33-18-16-17-31(27-33)28-38(42)43-11)34-21-19-32(29(3)25-34)20-24-37(39(5,6)7)44-45(12,13)40(8,9)10;1-9-35(10-2,29-16-14-27(24(3)20-29)15-19-32(36)34(5,6)7)30-17-18-31(25(4)21-30)28-13-11-12-26(22-28)23-33(37)38-8;;/h16-19,21-23,25-27,37H,14-15,20,24,28H2,1-13H3;11-14,16-18,20-22,32,36H,9-10,15,19,23H2,1-8H3;2*1H2. The largest absolute Gasteiger partial charge is 0.469 e. The quantitative estimate of drug-likeness (QED) is 0.0529. The molecule has 2 unspecified atom stereocenters. The average molecular weight is 1180 g/mol. The number of ether oxygens (including phenoxy) is 2. The number of aryl methyl sites for hydroxylation is 6. The zero-order valence-electron chi connectivity index (χ0n) is 56.3. The van der Waals surface area contributed by atoms with Crippen molar-refractivity contribution in [3.63, 3.8) is 0 Å². The van der Waals surface area contributed by atoms with Crippen molar-refractivity contribution < 1.29 is 39.5 Å². The number of carbonyl (C=O) groups is 2. The summed E-state index contributed by atoms with van der Waals surface area (Å²) >= 11 is 0. The topological polar surface area (TPSA) is 145 Å². The van der Waals surface area contributed by atoms with Gasteiger partial charge < -0.3 is 30.0 Å². The highest BCUT2D eigenvalue weighted by Crippen LogP contribution is 2.45. The Morgan fingerprint density at radius 1 is 0.482 bits per heavy atom. The van der Waals surface area contributed by atoms with E-state index in [1.54, 1.807) is 0 Å². The number of carbonyl (C=O) groups excluding carboxylic acids is 2. The van der Waals surface area contributed by atoms with Crippen molar-refractivity contribution in [3.05, 3.63) is 188 Å². The molecule has 5 N–H and O–H groups in total. The minimum atomic E-state index is -1.87. The number of hydrogen-bond acceptors (Lipinski definition) is 6. The summed E-state index contributed by atoms with van der Waals surface area (Å²) in [7, 11) is 0.991. The molecule has 0 fully saturated rings. The molecule has 0 heterocycles. The molecule has 85 heavy (non-hydrogen) atoms. The summed E-state index contributed by atoms with van der Waals surface area (Å²) in [6, 6.07) is 44.4. The maximum absolute atomic E-state index is 11.9. The number of methoxy groups -OCH3 is 2. The van der Waals surface area contributed by atoms with Gasteiger partial charge in [-0.1, -0.05) is 211 Å². The lowest BCUT2D eigenvalue weighted by molar-refractivity contribution is -0.140. The van der Waals surface area contributed by atoms with Crippen LogP contribution in [0.2, 0.25) is 18.1 Å². The van der Waals surface area contributed by atoms with Crippen molar-refractivity contribution in [1.82, 2.24) is 0 Å². The minimum absolute atomic E-state index is 0. The highest BCUT2D eigenvalue weighted by atomic mass is 28.4. The van der Waals surface area contributed by atoms with E-state index < -0.39 is 8.32 Å². The third-order valence-corrected chi connectivity index (χ3v) is 23.4. The molecular formula is C76H110O8Si. The maximum Gasteiger partial charge on any atom is 0.309 e. The number of esters is 2. The minimum Gasteiger partial charge on any atom is -0.469 e. The normalized spacial score (nSPS) is 12.9. The van der Waals surface area contributed by atoms with Crippen LogP contribution < -0.4 is 0 Å². The Kier molecular flexibility index (Phi) is 26.6. The van der Waals surface area contributed by atoms with Crippen molar-refractivity contribution >= 4 is 20.3 Å². The number of hydrogen-bond donors (Lipinski definition) is 1. The van der Waals surface area contributed by atoms with Gasteiger partial charge in [0.25, 0.3) is 0 Å². The summed E-state index contributed by atoms with van der Waals surface area (Å²) in [5, 5.41) is 10.7. The molecule has 0 bridgehead atoms. The molecular weight excluding hydrogens is 1070 g/mol. The molecule has 6 rings (SSSR count). The predicted octanol–water partition coefficient (Wildman–Crippen LogP) is 17.6. The van der Waals surface area contributed by atoms with Crippen LogP contribution in [0.25, 0.3) is 22.3 Å². The van der Waals surface area contributed by atoms with Crippen molar-refractivity contribution in [2.24, 2.45) is 10.8 Å². The van der Waals surface area contributed by atoms with E-state index in [2.05, 4.69) is 228 Å². The van der Waals surface area contributed by atoms with Crippen molar-refractivity contribution in [3.8, 4) is 22.3 Å². The zero-order valence-corrected chi connectivity index (χ0v) is 57.3. The van der Waals surface area contributed by atoms with Gasteiger partial charge in [0.15, 0.2) is 8.32 Å². The van der Waals surface area contributed by atoms with Gasteiger partial charge in [0.2, 0.25) is 0 Å². The molecule has 0 radical (unpaired) electrons. The third kappa shape index (κ3) is 18.2. The molecule has 0 saturated heterocycles. The van der Waals surface area contributed by atoms with E-state index in [-0.39, 0.29) is 74.6 Å². The summed E-state index contributed by atoms with van der Waals surface area (Å²) < 4.78 is 16.7. The van der Waals surface area contributed by atoms with E-state index in [4.69, 9.17) is 13.9 Å². The van der Waals surface area contributed by atoms with Crippen molar-refractivity contribution in [2.75, 3.05) is 14.2 Å². The highest BCUT2D eigenvalue weighted by molar-refractivity contribution is 6.74. The second kappa shape index (κ2) is 30.8. The van der Waals surface area contributed by atoms with Crippen LogP contribution >= 0.6 is 0 Å². The van der Waals surface area contributed by atoms with Gasteiger partial charge in [-0.3, -0.25) is 9.59 Å². The van der Waals surface area contributed by atoms with Crippen LogP contribution in [0.4, 0.5) is 0 Å². The second-order valence-electron chi connectivity index (χ2n) is 27.5. The van der Waals surface area contributed by atoms with Crippen LogP contribution in [0.5, 0.6) is 0 Å². The second-order valence-corrected chi connectivity index (χ2v) is 32.3. The monoisotopic (exact) mass is 1180 g/mol. The average Bonchev–Trinajstić information content (AvgIpc) is 3.56. The molecule has 6 aromatic carbocycles. The first kappa shape index (κ1) is 73.6. The third-order valence-electron chi connectivity index (χ3n) is 19.0. The number of benzene rings is 6. The first-order chi connectivity index (χ1) is 38.8. The zero-order chi connectivity index (χ0) is 61.9. The summed E-state index contributed by atoms with van der Waals surface area (Å²) in [6.45, 7) is 43.1. The van der Waals surface area contributed by atoms with Gasteiger partial charge in [-0.05, 0) is 197 Å². The molecule has 0 saturated carbocycles. The van der Waals surface area contributed by atoms with Gasteiger partial charge in [0.1, 0.15) is 0 Å². The van der Waals surface area contributed by atoms with Crippen LogP contribution in [0.3, 0.4) is 0 Å². The molecule has 466 valence electrons. The Hall–Kier alpha value is -5.68. The fourth-order valence-electron chi connectivity index (χ4n) is 12.0.